The summed E-state index contributed by atoms with van der Waals surface area (Å²) in [6.45, 7) is 4.82. The van der Waals surface area contributed by atoms with Crippen LogP contribution in [0.5, 0.6) is 11.5 Å². The van der Waals surface area contributed by atoms with Gasteiger partial charge < -0.3 is 14.6 Å². The minimum Gasteiger partial charge on any atom is -0.504 e. The maximum Gasteiger partial charge on any atom is 0.306 e. The molecule has 0 saturated carbocycles. The number of carbonyl (C=O) groups excluding carboxylic acids is 1. The summed E-state index contributed by atoms with van der Waals surface area (Å²) in [4.78, 5) is 11.8. The Morgan fingerprint density at radius 2 is 2.09 bits per heavy atom. The zero-order valence-electron chi connectivity index (χ0n) is 13.9. The number of hydrogen-bond acceptors (Lipinski definition) is 4. The lowest BCUT2D eigenvalue weighted by Crippen LogP contribution is -2.14. The first kappa shape index (κ1) is 18.3. The predicted molar refractivity (Wildman–Crippen MR) is 87.2 cm³/mol. The van der Waals surface area contributed by atoms with E-state index < -0.39 is 0 Å². The molecule has 1 atom stereocenters. The SMILES string of the molecule is CCCCC(CC)COC(=O)CCc1ccc(OC)c(O)c1. The molecule has 124 valence electrons. The second-order valence-corrected chi connectivity index (χ2v) is 5.61. The summed E-state index contributed by atoms with van der Waals surface area (Å²) in [5, 5.41) is 9.71. The second-order valence-electron chi connectivity index (χ2n) is 5.61. The second kappa shape index (κ2) is 10.1. The smallest absolute Gasteiger partial charge is 0.306 e. The fraction of sp³-hybridized carbons (Fsp3) is 0.611. The van der Waals surface area contributed by atoms with Crippen molar-refractivity contribution in [3.63, 3.8) is 0 Å². The highest BCUT2D eigenvalue weighted by Gasteiger charge is 2.11. The number of aromatic hydroxyl groups is 1. The highest BCUT2D eigenvalue weighted by molar-refractivity contribution is 5.69. The van der Waals surface area contributed by atoms with Crippen LogP contribution in [0.4, 0.5) is 0 Å². The van der Waals surface area contributed by atoms with Crippen LogP contribution in [0.25, 0.3) is 0 Å². The lowest BCUT2D eigenvalue weighted by Gasteiger charge is -2.14. The summed E-state index contributed by atoms with van der Waals surface area (Å²) in [5.41, 5.74) is 0.897. The molecule has 0 heterocycles. The largest absolute Gasteiger partial charge is 0.504 e. The van der Waals surface area contributed by atoms with E-state index in [-0.39, 0.29) is 11.7 Å². The molecule has 0 spiro atoms. The van der Waals surface area contributed by atoms with Crippen molar-refractivity contribution in [1.82, 2.24) is 0 Å². The van der Waals surface area contributed by atoms with Gasteiger partial charge in [0.2, 0.25) is 0 Å². The third-order valence-electron chi connectivity index (χ3n) is 3.88. The van der Waals surface area contributed by atoms with Gasteiger partial charge in [-0.2, -0.15) is 0 Å². The molecule has 0 aliphatic heterocycles. The van der Waals surface area contributed by atoms with Crippen LogP contribution in [-0.4, -0.2) is 24.8 Å². The molecular weight excluding hydrogens is 280 g/mol. The molecule has 0 amide bonds. The first-order chi connectivity index (χ1) is 10.6. The number of unbranched alkanes of at least 4 members (excludes halogenated alkanes) is 1. The fourth-order valence-corrected chi connectivity index (χ4v) is 2.32. The van der Waals surface area contributed by atoms with Crippen LogP contribution in [0.15, 0.2) is 18.2 Å². The molecule has 4 nitrogen and oxygen atoms in total. The highest BCUT2D eigenvalue weighted by atomic mass is 16.5. The Kier molecular flexibility index (Phi) is 8.41. The van der Waals surface area contributed by atoms with Gasteiger partial charge in [0.25, 0.3) is 0 Å². The Balaban J connectivity index is 2.35. The van der Waals surface area contributed by atoms with Crippen molar-refractivity contribution in [3.05, 3.63) is 23.8 Å². The lowest BCUT2D eigenvalue weighted by molar-refractivity contribution is -0.145. The van der Waals surface area contributed by atoms with Crippen molar-refractivity contribution in [2.45, 2.75) is 52.4 Å². The number of hydrogen-bond donors (Lipinski definition) is 1. The van der Waals surface area contributed by atoms with Crippen LogP contribution in [-0.2, 0) is 16.0 Å². The number of aryl methyl sites for hydroxylation is 1. The fourth-order valence-electron chi connectivity index (χ4n) is 2.32. The number of phenolic OH excluding ortho intramolecular Hbond substituents is 1. The minimum absolute atomic E-state index is 0.0963. The van der Waals surface area contributed by atoms with Crippen LogP contribution in [0.1, 0.15) is 51.5 Å². The van der Waals surface area contributed by atoms with Gasteiger partial charge >= 0.3 is 5.97 Å². The molecule has 0 aliphatic carbocycles. The van der Waals surface area contributed by atoms with Crippen LogP contribution in [0.3, 0.4) is 0 Å². The molecular formula is C18H28O4. The molecule has 0 aliphatic rings. The highest BCUT2D eigenvalue weighted by Crippen LogP contribution is 2.26. The molecule has 0 saturated heterocycles. The molecule has 1 aromatic carbocycles. The van der Waals surface area contributed by atoms with E-state index in [1.165, 1.54) is 20.0 Å². The van der Waals surface area contributed by atoms with Gasteiger partial charge in [0, 0.05) is 6.42 Å². The third-order valence-corrected chi connectivity index (χ3v) is 3.88. The molecule has 1 unspecified atom stereocenters. The number of esters is 1. The Morgan fingerprint density at radius 3 is 2.68 bits per heavy atom. The summed E-state index contributed by atoms with van der Waals surface area (Å²) in [6, 6.07) is 5.18. The van der Waals surface area contributed by atoms with Crippen molar-refractivity contribution in [2.24, 2.45) is 5.92 Å². The van der Waals surface area contributed by atoms with Crippen LogP contribution < -0.4 is 4.74 Å². The molecule has 1 aromatic rings. The van der Waals surface area contributed by atoms with E-state index in [0.717, 1.165) is 18.4 Å². The standard InChI is InChI=1S/C18H28O4/c1-4-6-7-14(5-2)13-22-18(20)11-9-15-8-10-17(21-3)16(19)12-15/h8,10,12,14,19H,4-7,9,11,13H2,1-3H3. The normalized spacial score (nSPS) is 12.0. The van der Waals surface area contributed by atoms with Gasteiger partial charge in [0.15, 0.2) is 11.5 Å². The van der Waals surface area contributed by atoms with Crippen molar-refractivity contribution >= 4 is 5.97 Å². The first-order valence-corrected chi connectivity index (χ1v) is 8.12. The molecule has 0 fully saturated rings. The molecule has 4 heteroatoms. The van der Waals surface area contributed by atoms with E-state index in [4.69, 9.17) is 9.47 Å². The summed E-state index contributed by atoms with van der Waals surface area (Å²) >= 11 is 0. The quantitative estimate of drug-likeness (QED) is 0.661. The molecule has 22 heavy (non-hydrogen) atoms. The van der Waals surface area contributed by atoms with Gasteiger partial charge in [-0.1, -0.05) is 39.2 Å². The van der Waals surface area contributed by atoms with E-state index in [1.807, 2.05) is 6.07 Å². The zero-order valence-corrected chi connectivity index (χ0v) is 13.9. The predicted octanol–water partition coefficient (Wildman–Crippen LogP) is 4.09. The monoisotopic (exact) mass is 308 g/mol. The molecule has 1 N–H and O–H groups in total. The van der Waals surface area contributed by atoms with Gasteiger partial charge in [-0.3, -0.25) is 4.79 Å². The molecule has 0 bridgehead atoms. The Hall–Kier alpha value is -1.71. The van der Waals surface area contributed by atoms with Crippen molar-refractivity contribution in [1.29, 1.82) is 0 Å². The number of benzene rings is 1. The summed E-state index contributed by atoms with van der Waals surface area (Å²) in [7, 11) is 1.51. The number of rotatable bonds is 10. The molecule has 0 radical (unpaired) electrons. The Labute approximate surface area is 133 Å². The van der Waals surface area contributed by atoms with Crippen molar-refractivity contribution < 1.29 is 19.4 Å². The molecule has 1 rings (SSSR count). The van der Waals surface area contributed by atoms with E-state index in [9.17, 15) is 9.90 Å². The van der Waals surface area contributed by atoms with E-state index in [0.29, 0.717) is 31.1 Å². The van der Waals surface area contributed by atoms with Crippen LogP contribution in [0.2, 0.25) is 0 Å². The summed E-state index contributed by atoms with van der Waals surface area (Å²) in [5.74, 6) is 0.825. The van der Waals surface area contributed by atoms with Gasteiger partial charge in [0.1, 0.15) is 0 Å². The third kappa shape index (κ3) is 6.37. The summed E-state index contributed by atoms with van der Waals surface area (Å²) < 4.78 is 10.4. The maximum absolute atomic E-state index is 11.8. The van der Waals surface area contributed by atoms with E-state index in [1.54, 1.807) is 12.1 Å². The molecule has 0 aromatic heterocycles. The van der Waals surface area contributed by atoms with Crippen molar-refractivity contribution in [3.8, 4) is 11.5 Å². The number of ether oxygens (including phenoxy) is 2. The average molecular weight is 308 g/mol. The van der Waals surface area contributed by atoms with Crippen LogP contribution >= 0.6 is 0 Å². The maximum atomic E-state index is 11.8. The lowest BCUT2D eigenvalue weighted by atomic mass is 10.0. The topological polar surface area (TPSA) is 55.8 Å². The van der Waals surface area contributed by atoms with Gasteiger partial charge in [-0.05, 0) is 36.5 Å². The number of methoxy groups -OCH3 is 1. The van der Waals surface area contributed by atoms with Gasteiger partial charge in [0.05, 0.1) is 13.7 Å². The zero-order chi connectivity index (χ0) is 16.4. The summed E-state index contributed by atoms with van der Waals surface area (Å²) in [6.07, 6.45) is 5.40. The van der Waals surface area contributed by atoms with Gasteiger partial charge in [-0.25, -0.2) is 0 Å². The number of carbonyl (C=O) groups is 1. The Bertz CT molecular complexity index is 456. The Morgan fingerprint density at radius 1 is 1.32 bits per heavy atom. The van der Waals surface area contributed by atoms with Crippen molar-refractivity contribution in [2.75, 3.05) is 13.7 Å². The van der Waals surface area contributed by atoms with Gasteiger partial charge in [-0.15, -0.1) is 0 Å². The van der Waals surface area contributed by atoms with Crippen LogP contribution in [0, 0.1) is 5.92 Å². The minimum atomic E-state index is -0.176. The van der Waals surface area contributed by atoms with E-state index >= 15 is 0 Å². The first-order valence-electron chi connectivity index (χ1n) is 8.12. The number of phenols is 1. The van der Waals surface area contributed by atoms with E-state index in [2.05, 4.69) is 13.8 Å². The average Bonchev–Trinajstić information content (AvgIpc) is 2.53.